The summed E-state index contributed by atoms with van der Waals surface area (Å²) in [6, 6.07) is 18.0. The Morgan fingerprint density at radius 1 is 1.05 bits per heavy atom. The molecule has 3 amide bonds. The summed E-state index contributed by atoms with van der Waals surface area (Å²) in [6.07, 6.45) is 6.99. The number of carbonyl (C=O) groups excluding carboxylic acids is 3. The second-order valence-corrected chi connectivity index (χ2v) is 11.4. The number of aliphatic hydroxyl groups excluding tert-OH is 1. The number of terminal acetylenes is 1. The lowest BCUT2D eigenvalue weighted by Gasteiger charge is -2.34. The summed E-state index contributed by atoms with van der Waals surface area (Å²) < 4.78 is 5.40. The van der Waals surface area contributed by atoms with Gasteiger partial charge >= 0.3 is 6.09 Å². The molecule has 0 radical (unpaired) electrons. The molecule has 41 heavy (non-hydrogen) atoms. The van der Waals surface area contributed by atoms with Crippen molar-refractivity contribution in [1.29, 1.82) is 0 Å². The zero-order valence-corrected chi connectivity index (χ0v) is 24.7. The third-order valence-corrected chi connectivity index (χ3v) is 6.84. The average Bonchev–Trinajstić information content (AvgIpc) is 2.94. The van der Waals surface area contributed by atoms with Crippen LogP contribution in [0.2, 0.25) is 0 Å². The first-order valence-electron chi connectivity index (χ1n) is 13.3. The summed E-state index contributed by atoms with van der Waals surface area (Å²) in [5.41, 5.74) is 0.918. The van der Waals surface area contributed by atoms with Crippen molar-refractivity contribution in [2.24, 2.45) is 0 Å². The molecule has 3 aromatic rings. The molecule has 216 valence electrons. The van der Waals surface area contributed by atoms with Crippen LogP contribution in [0.25, 0.3) is 10.8 Å². The van der Waals surface area contributed by atoms with Gasteiger partial charge in [-0.15, -0.1) is 6.42 Å². The number of aliphatic hydroxyl groups is 1. The Morgan fingerprint density at radius 2 is 1.73 bits per heavy atom. The van der Waals surface area contributed by atoms with E-state index >= 15 is 0 Å². The number of nitrogens with zero attached hydrogens (tertiary/aromatic N) is 1. The van der Waals surface area contributed by atoms with Gasteiger partial charge in [0.1, 0.15) is 17.7 Å². The predicted octanol–water partition coefficient (Wildman–Crippen LogP) is 4.97. The molecule has 9 heteroatoms. The summed E-state index contributed by atoms with van der Waals surface area (Å²) in [6.45, 7) is 4.66. The normalized spacial score (nSPS) is 12.6. The number of alkyl carbamates (subject to hydrolysis) is 1. The van der Waals surface area contributed by atoms with Crippen molar-refractivity contribution in [3.63, 3.8) is 0 Å². The van der Waals surface area contributed by atoms with E-state index in [1.807, 2.05) is 42.7 Å². The number of anilines is 1. The first-order chi connectivity index (χ1) is 19.6. The van der Waals surface area contributed by atoms with Crippen LogP contribution in [0.15, 0.2) is 66.7 Å². The summed E-state index contributed by atoms with van der Waals surface area (Å²) >= 11 is 1.52. The molecule has 0 aliphatic heterocycles. The number of ether oxygens (including phenoxy) is 1. The minimum Gasteiger partial charge on any atom is -0.444 e. The van der Waals surface area contributed by atoms with Crippen molar-refractivity contribution in [1.82, 2.24) is 10.2 Å². The first-order valence-corrected chi connectivity index (χ1v) is 14.7. The monoisotopic (exact) mass is 575 g/mol. The number of thioether (sulfide) groups is 1. The standard InChI is InChI=1S/C32H37N3O5S/c1-6-22-11-13-24(14-12-22)28(29(37)33-26-16-15-23-9-7-8-10-25(23)21-26)35(18-19-36)30(38)27(17-20-41-5)34-31(39)40-32(2,3)4/h1,7-16,21,27-28,36H,17-20H2,2-5H3,(H,33,37)(H,34,39). The van der Waals surface area contributed by atoms with Gasteiger partial charge in [0.2, 0.25) is 5.91 Å². The topological polar surface area (TPSA) is 108 Å². The molecule has 0 fully saturated rings. The fourth-order valence-corrected chi connectivity index (χ4v) is 4.80. The highest BCUT2D eigenvalue weighted by atomic mass is 32.2. The minimum absolute atomic E-state index is 0.142. The van der Waals surface area contributed by atoms with Gasteiger partial charge in [-0.25, -0.2) is 4.79 Å². The highest BCUT2D eigenvalue weighted by Crippen LogP contribution is 2.26. The van der Waals surface area contributed by atoms with Gasteiger partial charge in [0.05, 0.1) is 6.61 Å². The minimum atomic E-state index is -1.12. The molecule has 0 aromatic heterocycles. The second-order valence-electron chi connectivity index (χ2n) is 10.5. The zero-order valence-electron chi connectivity index (χ0n) is 23.8. The molecule has 3 rings (SSSR count). The summed E-state index contributed by atoms with van der Waals surface area (Å²) in [5, 5.41) is 17.6. The molecular weight excluding hydrogens is 538 g/mol. The van der Waals surface area contributed by atoms with E-state index < -0.39 is 42.2 Å². The Labute approximate surface area is 245 Å². The van der Waals surface area contributed by atoms with Gasteiger partial charge in [0.25, 0.3) is 5.91 Å². The smallest absolute Gasteiger partial charge is 0.408 e. The SMILES string of the molecule is C#Cc1ccc(C(C(=O)Nc2ccc3ccccc3c2)N(CCO)C(=O)C(CCSC)NC(=O)OC(C)(C)C)cc1. The molecular formula is C32H37N3O5S. The van der Waals surface area contributed by atoms with E-state index in [0.29, 0.717) is 29.0 Å². The zero-order chi connectivity index (χ0) is 30.0. The van der Waals surface area contributed by atoms with Crippen molar-refractivity contribution in [3.05, 3.63) is 77.9 Å². The van der Waals surface area contributed by atoms with Gasteiger partial charge in [0.15, 0.2) is 0 Å². The fourth-order valence-electron chi connectivity index (χ4n) is 4.33. The Kier molecular flexibility index (Phi) is 11.2. The van der Waals surface area contributed by atoms with Crippen molar-refractivity contribution in [3.8, 4) is 12.3 Å². The van der Waals surface area contributed by atoms with E-state index in [0.717, 1.165) is 10.8 Å². The van der Waals surface area contributed by atoms with Gasteiger partial charge < -0.3 is 25.4 Å². The molecule has 0 bridgehead atoms. The van der Waals surface area contributed by atoms with Gasteiger partial charge in [0, 0.05) is 17.8 Å². The summed E-state index contributed by atoms with van der Waals surface area (Å²) in [7, 11) is 0. The van der Waals surface area contributed by atoms with E-state index in [-0.39, 0.29) is 6.54 Å². The lowest BCUT2D eigenvalue weighted by atomic mass is 10.0. The van der Waals surface area contributed by atoms with Crippen molar-refractivity contribution >= 4 is 46.1 Å². The molecule has 0 aliphatic rings. The molecule has 0 spiro atoms. The fraction of sp³-hybridized carbons (Fsp3) is 0.344. The molecule has 0 saturated carbocycles. The molecule has 8 nitrogen and oxygen atoms in total. The number of amides is 3. The van der Waals surface area contributed by atoms with Crippen molar-refractivity contribution < 1.29 is 24.2 Å². The molecule has 3 N–H and O–H groups in total. The van der Waals surface area contributed by atoms with Crippen LogP contribution in [-0.4, -0.2) is 64.7 Å². The highest BCUT2D eigenvalue weighted by molar-refractivity contribution is 7.98. The molecule has 0 saturated heterocycles. The highest BCUT2D eigenvalue weighted by Gasteiger charge is 2.36. The van der Waals surface area contributed by atoms with Crippen LogP contribution in [0.5, 0.6) is 0 Å². The van der Waals surface area contributed by atoms with E-state index in [9.17, 15) is 19.5 Å². The number of hydrogen-bond acceptors (Lipinski definition) is 6. The Balaban J connectivity index is 2.00. The van der Waals surface area contributed by atoms with Crippen LogP contribution in [0.3, 0.4) is 0 Å². The van der Waals surface area contributed by atoms with Crippen LogP contribution >= 0.6 is 11.8 Å². The Morgan fingerprint density at radius 3 is 2.34 bits per heavy atom. The molecule has 0 heterocycles. The number of carbonyl (C=O) groups is 3. The van der Waals surface area contributed by atoms with Gasteiger partial charge in [-0.2, -0.15) is 11.8 Å². The average molecular weight is 576 g/mol. The second kappa shape index (κ2) is 14.6. The Bertz CT molecular complexity index is 1390. The van der Waals surface area contributed by atoms with Crippen molar-refractivity contribution in [2.45, 2.75) is 44.9 Å². The summed E-state index contributed by atoms with van der Waals surface area (Å²) in [4.78, 5) is 41.9. The number of rotatable bonds is 11. The van der Waals surface area contributed by atoms with E-state index in [4.69, 9.17) is 11.2 Å². The van der Waals surface area contributed by atoms with Crippen LogP contribution in [0, 0.1) is 12.3 Å². The number of fused-ring (bicyclic) bond motifs is 1. The van der Waals surface area contributed by atoms with Crippen LogP contribution in [0.1, 0.15) is 44.4 Å². The lowest BCUT2D eigenvalue weighted by molar-refractivity contribution is -0.141. The number of hydrogen-bond donors (Lipinski definition) is 3. The lowest BCUT2D eigenvalue weighted by Crippen LogP contribution is -2.53. The van der Waals surface area contributed by atoms with Crippen LogP contribution in [-0.2, 0) is 14.3 Å². The van der Waals surface area contributed by atoms with Crippen LogP contribution < -0.4 is 10.6 Å². The maximum absolute atomic E-state index is 14.0. The maximum Gasteiger partial charge on any atom is 0.408 e. The van der Waals surface area contributed by atoms with E-state index in [1.54, 1.807) is 51.1 Å². The third kappa shape index (κ3) is 9.00. The van der Waals surface area contributed by atoms with Gasteiger partial charge in [-0.1, -0.05) is 48.4 Å². The van der Waals surface area contributed by atoms with E-state index in [2.05, 4.69) is 16.6 Å². The third-order valence-electron chi connectivity index (χ3n) is 6.19. The molecule has 2 unspecified atom stereocenters. The molecule has 3 aromatic carbocycles. The Hall–Kier alpha value is -4.00. The number of nitrogens with one attached hydrogen (secondary N) is 2. The predicted molar refractivity (Wildman–Crippen MR) is 165 cm³/mol. The first kappa shape index (κ1) is 31.5. The van der Waals surface area contributed by atoms with Crippen LogP contribution in [0.4, 0.5) is 10.5 Å². The van der Waals surface area contributed by atoms with Gasteiger partial charge in [-0.05, 0) is 79.8 Å². The largest absolute Gasteiger partial charge is 0.444 e. The van der Waals surface area contributed by atoms with Gasteiger partial charge in [-0.3, -0.25) is 9.59 Å². The molecule has 2 atom stereocenters. The summed E-state index contributed by atoms with van der Waals surface area (Å²) in [5.74, 6) is 2.14. The molecule has 0 aliphatic carbocycles. The number of benzene rings is 3. The quantitative estimate of drug-likeness (QED) is 0.279. The van der Waals surface area contributed by atoms with Crippen molar-refractivity contribution in [2.75, 3.05) is 30.5 Å². The maximum atomic E-state index is 14.0. The van der Waals surface area contributed by atoms with E-state index in [1.165, 1.54) is 16.7 Å².